The molecule has 8 nitrogen and oxygen atoms in total. The zero-order valence-electron chi connectivity index (χ0n) is 18.9. The molecule has 0 aliphatic heterocycles. The first-order chi connectivity index (χ1) is 16.2. The standard InChI is InChI=1S/C23H27F2N3O5S/c1-3-28(14-21(29)26-22-17(24)9-6-10-18(22)25)23(30)15-11-12-19(33-2)20(13-15)34(31,32)27-16-7-4-5-8-16/h6,9-13,16,27H,3-5,7-8,14H2,1-2H3,(H,26,29). The lowest BCUT2D eigenvalue weighted by molar-refractivity contribution is -0.116. The fourth-order valence-electron chi connectivity index (χ4n) is 3.83. The molecule has 2 aromatic rings. The minimum atomic E-state index is -3.96. The van der Waals surface area contributed by atoms with Crippen molar-refractivity contribution >= 4 is 27.5 Å². The Hall–Kier alpha value is -3.05. The van der Waals surface area contributed by atoms with Gasteiger partial charge in [0.2, 0.25) is 15.9 Å². The highest BCUT2D eigenvalue weighted by Crippen LogP contribution is 2.28. The molecule has 184 valence electrons. The average Bonchev–Trinajstić information content (AvgIpc) is 3.31. The van der Waals surface area contributed by atoms with Crippen LogP contribution >= 0.6 is 0 Å². The summed E-state index contributed by atoms with van der Waals surface area (Å²) >= 11 is 0. The van der Waals surface area contributed by atoms with Crippen molar-refractivity contribution in [2.45, 2.75) is 43.5 Å². The van der Waals surface area contributed by atoms with Gasteiger partial charge in [-0.3, -0.25) is 9.59 Å². The summed E-state index contributed by atoms with van der Waals surface area (Å²) in [5, 5.41) is 2.14. The van der Waals surface area contributed by atoms with E-state index < -0.39 is 45.7 Å². The first-order valence-corrected chi connectivity index (χ1v) is 12.4. The number of carbonyl (C=O) groups is 2. The highest BCUT2D eigenvalue weighted by atomic mass is 32.2. The summed E-state index contributed by atoms with van der Waals surface area (Å²) < 4.78 is 61.4. The lowest BCUT2D eigenvalue weighted by atomic mass is 10.2. The number of hydrogen-bond acceptors (Lipinski definition) is 5. The summed E-state index contributed by atoms with van der Waals surface area (Å²) in [5.41, 5.74) is -0.578. The zero-order chi connectivity index (χ0) is 24.9. The lowest BCUT2D eigenvalue weighted by Crippen LogP contribution is -2.38. The van der Waals surface area contributed by atoms with Crippen LogP contribution in [0.4, 0.5) is 14.5 Å². The number of sulfonamides is 1. The number of methoxy groups -OCH3 is 1. The van der Waals surface area contributed by atoms with Crippen molar-refractivity contribution < 1.29 is 31.5 Å². The minimum Gasteiger partial charge on any atom is -0.495 e. The molecule has 2 aromatic carbocycles. The van der Waals surface area contributed by atoms with Crippen molar-refractivity contribution in [3.05, 3.63) is 53.6 Å². The van der Waals surface area contributed by atoms with E-state index in [1.807, 2.05) is 0 Å². The third-order valence-electron chi connectivity index (χ3n) is 5.61. The number of amides is 2. The van der Waals surface area contributed by atoms with Crippen molar-refractivity contribution in [1.82, 2.24) is 9.62 Å². The maximum atomic E-state index is 13.8. The predicted molar refractivity (Wildman–Crippen MR) is 122 cm³/mol. The molecule has 0 heterocycles. The Morgan fingerprint density at radius 1 is 1.12 bits per heavy atom. The van der Waals surface area contributed by atoms with E-state index in [1.54, 1.807) is 6.92 Å². The van der Waals surface area contributed by atoms with Crippen molar-refractivity contribution in [3.63, 3.8) is 0 Å². The summed E-state index contributed by atoms with van der Waals surface area (Å²) in [6, 6.07) is 6.96. The molecular weight excluding hydrogens is 468 g/mol. The number of anilines is 1. The van der Waals surface area contributed by atoms with Crippen molar-refractivity contribution in [1.29, 1.82) is 0 Å². The van der Waals surface area contributed by atoms with Gasteiger partial charge in [-0.15, -0.1) is 0 Å². The Balaban J connectivity index is 1.80. The van der Waals surface area contributed by atoms with Gasteiger partial charge in [-0.25, -0.2) is 21.9 Å². The molecule has 3 rings (SSSR count). The number of halogens is 2. The first kappa shape index (κ1) is 25.6. The van der Waals surface area contributed by atoms with Crippen LogP contribution in [0.2, 0.25) is 0 Å². The number of nitrogens with zero attached hydrogens (tertiary/aromatic N) is 1. The normalized spacial score (nSPS) is 14.1. The van der Waals surface area contributed by atoms with Gasteiger partial charge in [0.15, 0.2) is 0 Å². The molecule has 1 aliphatic carbocycles. The van der Waals surface area contributed by atoms with E-state index >= 15 is 0 Å². The van der Waals surface area contributed by atoms with Gasteiger partial charge >= 0.3 is 0 Å². The Labute approximate surface area is 197 Å². The van der Waals surface area contributed by atoms with Crippen LogP contribution in [0, 0.1) is 11.6 Å². The second kappa shape index (κ2) is 10.9. The maximum Gasteiger partial charge on any atom is 0.254 e. The van der Waals surface area contributed by atoms with Gasteiger partial charge < -0.3 is 15.0 Å². The highest BCUT2D eigenvalue weighted by Gasteiger charge is 2.28. The lowest BCUT2D eigenvalue weighted by Gasteiger charge is -2.21. The fourth-order valence-corrected chi connectivity index (χ4v) is 5.33. The number of hydrogen-bond donors (Lipinski definition) is 2. The molecule has 0 spiro atoms. The summed E-state index contributed by atoms with van der Waals surface area (Å²) in [6.45, 7) is 1.23. The Kier molecular flexibility index (Phi) is 8.21. The molecule has 0 unspecified atom stereocenters. The second-order valence-electron chi connectivity index (χ2n) is 7.93. The zero-order valence-corrected chi connectivity index (χ0v) is 19.8. The van der Waals surface area contributed by atoms with Gasteiger partial charge in [-0.2, -0.15) is 0 Å². The summed E-state index contributed by atoms with van der Waals surface area (Å²) in [4.78, 5) is 26.4. The molecule has 11 heteroatoms. The van der Waals surface area contributed by atoms with E-state index in [4.69, 9.17) is 4.74 Å². The topological polar surface area (TPSA) is 105 Å². The quantitative estimate of drug-likeness (QED) is 0.556. The van der Waals surface area contributed by atoms with Gasteiger partial charge in [0.1, 0.15) is 34.5 Å². The summed E-state index contributed by atoms with van der Waals surface area (Å²) in [6.07, 6.45) is 3.35. The molecule has 2 amide bonds. The molecule has 0 aromatic heterocycles. The predicted octanol–water partition coefficient (Wildman–Crippen LogP) is 3.30. The van der Waals surface area contributed by atoms with E-state index in [0.717, 1.165) is 42.7 Å². The summed E-state index contributed by atoms with van der Waals surface area (Å²) in [7, 11) is -2.63. The van der Waals surface area contributed by atoms with Gasteiger partial charge in [0.05, 0.1) is 7.11 Å². The largest absolute Gasteiger partial charge is 0.495 e. The molecule has 0 saturated heterocycles. The summed E-state index contributed by atoms with van der Waals surface area (Å²) in [5.74, 6) is -3.22. The van der Waals surface area contributed by atoms with Crippen molar-refractivity contribution in [3.8, 4) is 5.75 Å². The minimum absolute atomic E-state index is 0.0271. The molecule has 1 saturated carbocycles. The van der Waals surface area contributed by atoms with E-state index in [2.05, 4.69) is 10.0 Å². The number of nitrogens with one attached hydrogen (secondary N) is 2. The number of rotatable bonds is 9. The van der Waals surface area contributed by atoms with E-state index in [0.29, 0.717) is 0 Å². The number of para-hydroxylation sites is 1. The average molecular weight is 496 g/mol. The van der Waals surface area contributed by atoms with Crippen LogP contribution in [0.3, 0.4) is 0 Å². The smallest absolute Gasteiger partial charge is 0.254 e. The number of carbonyl (C=O) groups excluding carboxylic acids is 2. The molecule has 0 atom stereocenters. The van der Waals surface area contributed by atoms with E-state index in [-0.39, 0.29) is 28.8 Å². The first-order valence-electron chi connectivity index (χ1n) is 10.9. The van der Waals surface area contributed by atoms with Gasteiger partial charge in [0.25, 0.3) is 5.91 Å². The highest BCUT2D eigenvalue weighted by molar-refractivity contribution is 7.89. The van der Waals surface area contributed by atoms with Gasteiger partial charge in [0, 0.05) is 18.2 Å². The van der Waals surface area contributed by atoms with E-state index in [9.17, 15) is 26.8 Å². The Bertz CT molecular complexity index is 1150. The van der Waals surface area contributed by atoms with Crippen LogP contribution in [-0.4, -0.2) is 51.4 Å². The molecule has 1 fully saturated rings. The fraction of sp³-hybridized carbons (Fsp3) is 0.391. The van der Waals surface area contributed by atoms with Crippen molar-refractivity contribution in [2.75, 3.05) is 25.5 Å². The van der Waals surface area contributed by atoms with Crippen LogP contribution in [0.5, 0.6) is 5.75 Å². The Morgan fingerprint density at radius 2 is 1.76 bits per heavy atom. The molecule has 0 bridgehead atoms. The number of benzene rings is 2. The second-order valence-corrected chi connectivity index (χ2v) is 9.61. The van der Waals surface area contributed by atoms with Crippen molar-refractivity contribution in [2.24, 2.45) is 0 Å². The molecule has 34 heavy (non-hydrogen) atoms. The third-order valence-corrected chi connectivity index (χ3v) is 7.15. The SMILES string of the molecule is CCN(CC(=O)Nc1c(F)cccc1F)C(=O)c1ccc(OC)c(S(=O)(=O)NC2CCCC2)c1. The Morgan fingerprint density at radius 3 is 2.35 bits per heavy atom. The monoisotopic (exact) mass is 495 g/mol. The number of ether oxygens (including phenoxy) is 1. The molecule has 0 radical (unpaired) electrons. The molecule has 1 aliphatic rings. The van der Waals surface area contributed by atoms with Crippen LogP contribution in [0.15, 0.2) is 41.3 Å². The van der Waals surface area contributed by atoms with Crippen LogP contribution in [-0.2, 0) is 14.8 Å². The van der Waals surface area contributed by atoms with Crippen LogP contribution in [0.25, 0.3) is 0 Å². The van der Waals surface area contributed by atoms with Gasteiger partial charge in [-0.05, 0) is 50.1 Å². The molecular formula is C23H27F2N3O5S. The van der Waals surface area contributed by atoms with Crippen LogP contribution < -0.4 is 14.8 Å². The molecule has 2 N–H and O–H groups in total. The van der Waals surface area contributed by atoms with Gasteiger partial charge in [-0.1, -0.05) is 18.9 Å². The maximum absolute atomic E-state index is 13.8. The van der Waals surface area contributed by atoms with Crippen LogP contribution in [0.1, 0.15) is 43.0 Å². The third kappa shape index (κ3) is 5.89. The van der Waals surface area contributed by atoms with E-state index in [1.165, 1.54) is 31.4 Å². The number of likely N-dealkylation sites (N-methyl/N-ethyl adjacent to an activating group) is 1.